The van der Waals surface area contributed by atoms with Crippen LogP contribution in [0.2, 0.25) is 0 Å². The number of hydrogen-bond donors (Lipinski definition) is 0. The fourth-order valence-corrected chi connectivity index (χ4v) is 2.76. The number of amides is 1. The van der Waals surface area contributed by atoms with Gasteiger partial charge in [0.05, 0.1) is 0 Å². The Morgan fingerprint density at radius 1 is 1.59 bits per heavy atom. The normalized spacial score (nSPS) is 19.4. The van der Waals surface area contributed by atoms with Gasteiger partial charge in [0.15, 0.2) is 6.61 Å². The molecule has 4 nitrogen and oxygen atoms in total. The lowest BCUT2D eigenvalue weighted by Gasteiger charge is -2.15. The van der Waals surface area contributed by atoms with Crippen molar-refractivity contribution in [2.24, 2.45) is 0 Å². The molecule has 1 amide bonds. The number of carbonyl (C=O) groups excluding carboxylic acids is 2. The Morgan fingerprint density at radius 3 is 3.06 bits per heavy atom. The van der Waals surface area contributed by atoms with E-state index >= 15 is 0 Å². The van der Waals surface area contributed by atoms with Gasteiger partial charge in [0.1, 0.15) is 0 Å². The van der Waals surface area contributed by atoms with Gasteiger partial charge >= 0.3 is 5.97 Å². The van der Waals surface area contributed by atoms with E-state index in [1.807, 2.05) is 0 Å². The Hall–Kier alpha value is -1.36. The molecular weight excluding hydrogens is 238 g/mol. The summed E-state index contributed by atoms with van der Waals surface area (Å²) < 4.78 is 4.71. The highest BCUT2D eigenvalue weighted by Gasteiger charge is 2.27. The molecule has 1 aromatic rings. The predicted molar refractivity (Wildman–Crippen MR) is 64.9 cm³/mol. The molecule has 92 valence electrons. The van der Waals surface area contributed by atoms with E-state index in [2.05, 4.69) is 16.8 Å². The third-order valence-electron chi connectivity index (χ3n) is 2.95. The largest absolute Gasteiger partial charge is 0.456 e. The molecule has 0 aromatic carbocycles. The number of hydrogen-bond acceptors (Lipinski definition) is 4. The van der Waals surface area contributed by atoms with Crippen LogP contribution in [0.4, 0.5) is 0 Å². The van der Waals surface area contributed by atoms with Crippen LogP contribution in [-0.4, -0.2) is 36.5 Å². The summed E-state index contributed by atoms with van der Waals surface area (Å²) in [5, 5.41) is 4.18. The standard InChI is InChI=1S/C12H15NO3S/c1-9(14)16-7-12(15)13-4-2-10(6-13)11-3-5-17-8-11/h3,5,8,10H,2,4,6-7H2,1H3. The van der Waals surface area contributed by atoms with Gasteiger partial charge in [0.25, 0.3) is 5.91 Å². The zero-order valence-corrected chi connectivity index (χ0v) is 10.5. The molecule has 1 aliphatic rings. The molecular formula is C12H15NO3S. The number of rotatable bonds is 3. The maximum atomic E-state index is 11.7. The second-order valence-electron chi connectivity index (χ2n) is 4.16. The quantitative estimate of drug-likeness (QED) is 0.769. The molecule has 5 heteroatoms. The van der Waals surface area contributed by atoms with Crippen molar-refractivity contribution in [3.05, 3.63) is 22.4 Å². The Kier molecular flexibility index (Phi) is 3.78. The topological polar surface area (TPSA) is 46.6 Å². The first-order valence-electron chi connectivity index (χ1n) is 5.60. The van der Waals surface area contributed by atoms with Crippen LogP contribution >= 0.6 is 11.3 Å². The average molecular weight is 253 g/mol. The zero-order valence-electron chi connectivity index (χ0n) is 9.72. The van der Waals surface area contributed by atoms with Gasteiger partial charge in [-0.05, 0) is 28.8 Å². The zero-order chi connectivity index (χ0) is 12.3. The van der Waals surface area contributed by atoms with Crippen LogP contribution in [0, 0.1) is 0 Å². The van der Waals surface area contributed by atoms with Crippen molar-refractivity contribution in [3.63, 3.8) is 0 Å². The molecule has 1 aliphatic heterocycles. The summed E-state index contributed by atoms with van der Waals surface area (Å²) in [6.07, 6.45) is 0.989. The van der Waals surface area contributed by atoms with E-state index in [1.54, 1.807) is 16.2 Å². The van der Waals surface area contributed by atoms with Gasteiger partial charge in [0.2, 0.25) is 0 Å². The van der Waals surface area contributed by atoms with Crippen molar-refractivity contribution in [2.45, 2.75) is 19.3 Å². The van der Waals surface area contributed by atoms with Gasteiger partial charge in [0, 0.05) is 25.9 Å². The first-order chi connectivity index (χ1) is 8.16. The Bertz CT molecular complexity index is 402. The molecule has 1 saturated heterocycles. The Morgan fingerprint density at radius 2 is 2.41 bits per heavy atom. The van der Waals surface area contributed by atoms with E-state index < -0.39 is 5.97 Å². The van der Waals surface area contributed by atoms with Crippen LogP contribution in [0.3, 0.4) is 0 Å². The second kappa shape index (κ2) is 5.31. The van der Waals surface area contributed by atoms with Crippen LogP contribution in [0.5, 0.6) is 0 Å². The summed E-state index contributed by atoms with van der Waals surface area (Å²) in [4.78, 5) is 24.1. The van der Waals surface area contributed by atoms with Crippen LogP contribution in [0.15, 0.2) is 16.8 Å². The van der Waals surface area contributed by atoms with Crippen molar-refractivity contribution in [3.8, 4) is 0 Å². The fourth-order valence-electron chi connectivity index (χ4n) is 2.02. The molecule has 17 heavy (non-hydrogen) atoms. The average Bonchev–Trinajstić information content (AvgIpc) is 2.94. The van der Waals surface area contributed by atoms with E-state index in [0.29, 0.717) is 5.92 Å². The highest BCUT2D eigenvalue weighted by Crippen LogP contribution is 2.28. The van der Waals surface area contributed by atoms with Crippen LogP contribution < -0.4 is 0 Å². The highest BCUT2D eigenvalue weighted by molar-refractivity contribution is 7.07. The van der Waals surface area contributed by atoms with E-state index in [0.717, 1.165) is 19.5 Å². The number of thiophene rings is 1. The first-order valence-corrected chi connectivity index (χ1v) is 6.54. The van der Waals surface area contributed by atoms with E-state index in [1.165, 1.54) is 12.5 Å². The summed E-state index contributed by atoms with van der Waals surface area (Å²) in [6.45, 7) is 2.66. The number of esters is 1. The molecule has 0 saturated carbocycles. The van der Waals surface area contributed by atoms with Gasteiger partial charge in [-0.2, -0.15) is 11.3 Å². The molecule has 0 bridgehead atoms. The minimum absolute atomic E-state index is 0.0991. The molecule has 1 atom stereocenters. The van der Waals surface area contributed by atoms with Crippen molar-refractivity contribution in [1.29, 1.82) is 0 Å². The van der Waals surface area contributed by atoms with Crippen molar-refractivity contribution >= 4 is 23.2 Å². The molecule has 2 rings (SSSR count). The highest BCUT2D eigenvalue weighted by atomic mass is 32.1. The lowest BCUT2D eigenvalue weighted by molar-refractivity contribution is -0.149. The lowest BCUT2D eigenvalue weighted by Crippen LogP contribution is -2.32. The third kappa shape index (κ3) is 3.06. The molecule has 1 aromatic heterocycles. The predicted octanol–water partition coefficient (Wildman–Crippen LogP) is 1.63. The second-order valence-corrected chi connectivity index (χ2v) is 4.94. The summed E-state index contributed by atoms with van der Waals surface area (Å²) in [5.74, 6) is -0.0765. The van der Waals surface area contributed by atoms with Crippen molar-refractivity contribution in [2.75, 3.05) is 19.7 Å². The SMILES string of the molecule is CC(=O)OCC(=O)N1CCC(c2ccsc2)C1. The smallest absolute Gasteiger partial charge is 0.303 e. The van der Waals surface area contributed by atoms with Crippen molar-refractivity contribution in [1.82, 2.24) is 4.90 Å². The van der Waals surface area contributed by atoms with E-state index in [-0.39, 0.29) is 12.5 Å². The van der Waals surface area contributed by atoms with Crippen LogP contribution in [0.1, 0.15) is 24.8 Å². The van der Waals surface area contributed by atoms with Gasteiger partial charge in [-0.3, -0.25) is 9.59 Å². The Labute approximate surface area is 104 Å². The van der Waals surface area contributed by atoms with Crippen molar-refractivity contribution < 1.29 is 14.3 Å². The number of nitrogens with zero attached hydrogens (tertiary/aromatic N) is 1. The number of carbonyl (C=O) groups is 2. The molecule has 0 radical (unpaired) electrons. The van der Waals surface area contributed by atoms with Gasteiger partial charge < -0.3 is 9.64 Å². The molecule has 2 heterocycles. The van der Waals surface area contributed by atoms with E-state index in [4.69, 9.17) is 4.74 Å². The van der Waals surface area contributed by atoms with E-state index in [9.17, 15) is 9.59 Å². The third-order valence-corrected chi connectivity index (χ3v) is 3.66. The maximum Gasteiger partial charge on any atom is 0.303 e. The van der Waals surface area contributed by atoms with Gasteiger partial charge in [-0.15, -0.1) is 0 Å². The van der Waals surface area contributed by atoms with Gasteiger partial charge in [-0.25, -0.2) is 0 Å². The Balaban J connectivity index is 1.85. The molecule has 0 spiro atoms. The summed E-state index contributed by atoms with van der Waals surface area (Å²) in [5.41, 5.74) is 1.30. The molecule has 0 N–H and O–H groups in total. The van der Waals surface area contributed by atoms with Gasteiger partial charge in [-0.1, -0.05) is 0 Å². The first kappa shape index (κ1) is 12.1. The minimum Gasteiger partial charge on any atom is -0.456 e. The molecule has 0 aliphatic carbocycles. The summed E-state index contributed by atoms with van der Waals surface area (Å²) in [6, 6.07) is 2.11. The van der Waals surface area contributed by atoms with Crippen LogP contribution in [0.25, 0.3) is 0 Å². The summed E-state index contributed by atoms with van der Waals surface area (Å²) in [7, 11) is 0. The molecule has 1 unspecified atom stereocenters. The summed E-state index contributed by atoms with van der Waals surface area (Å²) >= 11 is 1.68. The molecule has 1 fully saturated rings. The number of likely N-dealkylation sites (tertiary alicyclic amines) is 1. The van der Waals surface area contributed by atoms with Crippen LogP contribution in [-0.2, 0) is 14.3 Å². The lowest BCUT2D eigenvalue weighted by atomic mass is 10.0. The number of ether oxygens (including phenoxy) is 1. The minimum atomic E-state index is -0.410. The maximum absolute atomic E-state index is 11.7. The monoisotopic (exact) mass is 253 g/mol. The fraction of sp³-hybridized carbons (Fsp3) is 0.500.